The molecular formula is C23H26N2O. The van der Waals surface area contributed by atoms with Crippen molar-refractivity contribution in [3.63, 3.8) is 0 Å². The summed E-state index contributed by atoms with van der Waals surface area (Å²) in [5.74, 6) is 1.11. The van der Waals surface area contributed by atoms with E-state index in [0.717, 1.165) is 22.7 Å². The summed E-state index contributed by atoms with van der Waals surface area (Å²) in [5, 5.41) is 8.83. The van der Waals surface area contributed by atoms with Crippen molar-refractivity contribution >= 4 is 11.4 Å². The van der Waals surface area contributed by atoms with E-state index in [4.69, 9.17) is 10.00 Å². The highest BCUT2D eigenvalue weighted by Crippen LogP contribution is 2.28. The second-order valence-corrected chi connectivity index (χ2v) is 6.45. The van der Waals surface area contributed by atoms with Gasteiger partial charge in [0, 0.05) is 24.8 Å². The van der Waals surface area contributed by atoms with E-state index in [9.17, 15) is 0 Å². The molecule has 2 rings (SSSR count). The first-order chi connectivity index (χ1) is 12.5. The fraction of sp³-hybridized carbons (Fsp3) is 0.261. The van der Waals surface area contributed by atoms with Gasteiger partial charge in [-0.25, -0.2) is 0 Å². The molecule has 0 spiro atoms. The normalized spacial score (nSPS) is 12.2. The van der Waals surface area contributed by atoms with Gasteiger partial charge in [0.25, 0.3) is 0 Å². The Morgan fingerprint density at radius 1 is 1.15 bits per heavy atom. The van der Waals surface area contributed by atoms with Gasteiger partial charge in [-0.15, -0.1) is 0 Å². The molecule has 0 fully saturated rings. The number of anilines is 2. The maximum Gasteiger partial charge on any atom is 0.119 e. The van der Waals surface area contributed by atoms with Gasteiger partial charge in [0.1, 0.15) is 12.4 Å². The van der Waals surface area contributed by atoms with Crippen LogP contribution in [-0.4, -0.2) is 13.7 Å². The maximum atomic E-state index is 8.83. The molecule has 2 aromatic rings. The Hall–Kier alpha value is -2.99. The average molecular weight is 346 g/mol. The van der Waals surface area contributed by atoms with Crippen molar-refractivity contribution in [2.75, 3.05) is 18.6 Å². The number of allylic oxidation sites excluding steroid dienone is 2. The molecule has 3 heteroatoms. The SMILES string of the molecule is C=C/C=C(\C)COc1ccc(N(C)c2ccc(C(C)CC#N)cc2)cc1. The predicted octanol–water partition coefficient (Wildman–Crippen LogP) is 5.98. The lowest BCUT2D eigenvalue weighted by molar-refractivity contribution is 0.352. The Kier molecular flexibility index (Phi) is 7.05. The molecule has 0 bridgehead atoms. The number of hydrogen-bond acceptors (Lipinski definition) is 3. The monoisotopic (exact) mass is 346 g/mol. The number of benzene rings is 2. The minimum Gasteiger partial charge on any atom is -0.489 e. The lowest BCUT2D eigenvalue weighted by atomic mass is 9.98. The standard InChI is InChI=1S/C23H26N2O/c1-5-6-18(2)17-26-23-13-11-22(12-14-23)25(4)21-9-7-20(8-10-21)19(3)15-16-24/h5-14,19H,1,15,17H2,2-4H3/b18-6+. The summed E-state index contributed by atoms with van der Waals surface area (Å²) < 4.78 is 5.76. The summed E-state index contributed by atoms with van der Waals surface area (Å²) in [6.07, 6.45) is 4.25. The van der Waals surface area contributed by atoms with Crippen LogP contribution in [0.2, 0.25) is 0 Å². The van der Waals surface area contributed by atoms with Gasteiger partial charge in [0.15, 0.2) is 0 Å². The van der Waals surface area contributed by atoms with Crippen molar-refractivity contribution in [1.29, 1.82) is 5.26 Å². The van der Waals surface area contributed by atoms with E-state index < -0.39 is 0 Å². The molecule has 0 radical (unpaired) electrons. The zero-order chi connectivity index (χ0) is 18.9. The number of rotatable bonds is 8. The quantitative estimate of drug-likeness (QED) is 0.551. The molecule has 0 aliphatic carbocycles. The largest absolute Gasteiger partial charge is 0.489 e. The smallest absolute Gasteiger partial charge is 0.119 e. The average Bonchev–Trinajstić information content (AvgIpc) is 2.67. The van der Waals surface area contributed by atoms with Gasteiger partial charge in [-0.1, -0.05) is 37.8 Å². The van der Waals surface area contributed by atoms with Crippen LogP contribution in [0.5, 0.6) is 5.75 Å². The van der Waals surface area contributed by atoms with Gasteiger partial charge in [0.05, 0.1) is 6.07 Å². The van der Waals surface area contributed by atoms with Gasteiger partial charge >= 0.3 is 0 Å². The van der Waals surface area contributed by atoms with Crippen LogP contribution in [0, 0.1) is 11.3 Å². The third-order valence-electron chi connectivity index (χ3n) is 4.34. The van der Waals surface area contributed by atoms with Gasteiger partial charge in [-0.2, -0.15) is 5.26 Å². The van der Waals surface area contributed by atoms with Crippen molar-refractivity contribution in [2.24, 2.45) is 0 Å². The lowest BCUT2D eigenvalue weighted by Gasteiger charge is -2.21. The Morgan fingerprint density at radius 3 is 2.27 bits per heavy atom. The van der Waals surface area contributed by atoms with Crippen LogP contribution in [0.4, 0.5) is 11.4 Å². The van der Waals surface area contributed by atoms with Gasteiger partial charge in [-0.05, 0) is 60.4 Å². The summed E-state index contributed by atoms with van der Waals surface area (Å²) in [6, 6.07) is 18.7. The van der Waals surface area contributed by atoms with E-state index in [1.807, 2.05) is 44.3 Å². The van der Waals surface area contributed by atoms with E-state index in [2.05, 4.69) is 48.7 Å². The van der Waals surface area contributed by atoms with Crippen LogP contribution in [-0.2, 0) is 0 Å². The van der Waals surface area contributed by atoms with Gasteiger partial charge in [-0.3, -0.25) is 0 Å². The fourth-order valence-corrected chi connectivity index (χ4v) is 2.64. The Balaban J connectivity index is 2.03. The molecule has 134 valence electrons. The summed E-state index contributed by atoms with van der Waals surface area (Å²) in [5.41, 5.74) is 4.52. The van der Waals surface area contributed by atoms with Crippen LogP contribution in [0.15, 0.2) is 72.8 Å². The Morgan fingerprint density at radius 2 is 1.73 bits per heavy atom. The van der Waals surface area contributed by atoms with Gasteiger partial charge < -0.3 is 9.64 Å². The molecule has 0 N–H and O–H groups in total. The molecular weight excluding hydrogens is 320 g/mol. The number of nitriles is 1. The van der Waals surface area contributed by atoms with Crippen molar-refractivity contribution in [2.45, 2.75) is 26.2 Å². The minimum atomic E-state index is 0.259. The van der Waals surface area contributed by atoms with Crippen molar-refractivity contribution in [1.82, 2.24) is 0 Å². The highest BCUT2D eigenvalue weighted by atomic mass is 16.5. The number of ether oxygens (including phenoxy) is 1. The highest BCUT2D eigenvalue weighted by Gasteiger charge is 2.08. The Labute approximate surface area is 156 Å². The number of hydrogen-bond donors (Lipinski definition) is 0. The topological polar surface area (TPSA) is 36.3 Å². The first kappa shape index (κ1) is 19.3. The van der Waals surface area contributed by atoms with E-state index in [0.29, 0.717) is 13.0 Å². The van der Waals surface area contributed by atoms with Crippen LogP contribution < -0.4 is 9.64 Å². The zero-order valence-corrected chi connectivity index (χ0v) is 15.8. The molecule has 0 heterocycles. The van der Waals surface area contributed by atoms with E-state index in [-0.39, 0.29) is 5.92 Å². The molecule has 3 nitrogen and oxygen atoms in total. The summed E-state index contributed by atoms with van der Waals surface area (Å²) in [7, 11) is 2.04. The molecule has 0 saturated heterocycles. The molecule has 0 aromatic heterocycles. The van der Waals surface area contributed by atoms with E-state index in [1.165, 1.54) is 5.56 Å². The third-order valence-corrected chi connectivity index (χ3v) is 4.34. The molecule has 0 aliphatic rings. The first-order valence-electron chi connectivity index (χ1n) is 8.77. The van der Waals surface area contributed by atoms with Crippen LogP contribution in [0.25, 0.3) is 0 Å². The minimum absolute atomic E-state index is 0.259. The summed E-state index contributed by atoms with van der Waals surface area (Å²) in [4.78, 5) is 2.13. The van der Waals surface area contributed by atoms with Crippen molar-refractivity contribution in [3.8, 4) is 11.8 Å². The molecule has 2 aromatic carbocycles. The van der Waals surface area contributed by atoms with E-state index in [1.54, 1.807) is 6.08 Å². The summed E-state index contributed by atoms with van der Waals surface area (Å²) in [6.45, 7) is 8.34. The second kappa shape index (κ2) is 9.48. The first-order valence-corrected chi connectivity index (χ1v) is 8.77. The van der Waals surface area contributed by atoms with Crippen molar-refractivity contribution < 1.29 is 4.74 Å². The molecule has 26 heavy (non-hydrogen) atoms. The fourth-order valence-electron chi connectivity index (χ4n) is 2.64. The van der Waals surface area contributed by atoms with Crippen molar-refractivity contribution in [3.05, 3.63) is 78.4 Å². The summed E-state index contributed by atoms with van der Waals surface area (Å²) >= 11 is 0. The highest BCUT2D eigenvalue weighted by molar-refractivity contribution is 5.63. The number of nitrogens with zero attached hydrogens (tertiary/aromatic N) is 2. The van der Waals surface area contributed by atoms with Crippen LogP contribution >= 0.6 is 0 Å². The van der Waals surface area contributed by atoms with Crippen LogP contribution in [0.3, 0.4) is 0 Å². The zero-order valence-electron chi connectivity index (χ0n) is 15.8. The Bertz CT molecular complexity index is 782. The third kappa shape index (κ3) is 5.26. The molecule has 0 amide bonds. The maximum absolute atomic E-state index is 8.83. The molecule has 1 atom stereocenters. The second-order valence-electron chi connectivity index (χ2n) is 6.45. The van der Waals surface area contributed by atoms with Gasteiger partial charge in [0.2, 0.25) is 0 Å². The molecule has 0 saturated carbocycles. The lowest BCUT2D eigenvalue weighted by Crippen LogP contribution is -2.09. The molecule has 0 aliphatic heterocycles. The molecule has 1 unspecified atom stereocenters. The van der Waals surface area contributed by atoms with Crippen LogP contribution in [0.1, 0.15) is 31.7 Å². The predicted molar refractivity (Wildman–Crippen MR) is 109 cm³/mol. The van der Waals surface area contributed by atoms with E-state index >= 15 is 0 Å².